The first kappa shape index (κ1) is 17.8. The predicted molar refractivity (Wildman–Crippen MR) is 84.1 cm³/mol. The summed E-state index contributed by atoms with van der Waals surface area (Å²) in [5.41, 5.74) is -0.725. The molecule has 1 rings (SSSR count). The fourth-order valence-corrected chi connectivity index (χ4v) is 2.52. The molecule has 21 heavy (non-hydrogen) atoms. The maximum absolute atomic E-state index is 11.6. The van der Waals surface area contributed by atoms with Crippen molar-refractivity contribution in [1.29, 1.82) is 0 Å². The summed E-state index contributed by atoms with van der Waals surface area (Å²) in [7, 11) is 0. The fraction of sp³-hybridized carbons (Fsp3) is 0.824. The number of amides is 1. The molecule has 4 nitrogen and oxygen atoms in total. The standard InChI is InChI=1S/C17H29NO3/c1-4-6-7-8-9-10-13-18-16(19)20-14-17(5-2)12-11-15(3)21-17/h2,15H,4,6-14H2,1,3H3,(H,18,19). The molecule has 1 saturated heterocycles. The first-order chi connectivity index (χ1) is 10.1. The SMILES string of the molecule is C#CC1(COC(=O)NCCCCCCCC)CCC(C)O1. The summed E-state index contributed by atoms with van der Waals surface area (Å²) in [4.78, 5) is 11.6. The molecular weight excluding hydrogens is 266 g/mol. The molecule has 2 atom stereocenters. The van der Waals surface area contributed by atoms with E-state index in [1.165, 1.54) is 25.7 Å². The summed E-state index contributed by atoms with van der Waals surface area (Å²) in [5, 5.41) is 2.76. The molecule has 120 valence electrons. The van der Waals surface area contributed by atoms with Crippen LogP contribution in [0.25, 0.3) is 0 Å². The summed E-state index contributed by atoms with van der Waals surface area (Å²) < 4.78 is 10.9. The number of carbonyl (C=O) groups excluding carboxylic acids is 1. The molecule has 1 amide bonds. The van der Waals surface area contributed by atoms with Gasteiger partial charge < -0.3 is 14.8 Å². The summed E-state index contributed by atoms with van der Waals surface area (Å²) in [5.74, 6) is 2.63. The van der Waals surface area contributed by atoms with Crippen LogP contribution in [0.4, 0.5) is 4.79 Å². The van der Waals surface area contributed by atoms with Crippen LogP contribution in [-0.2, 0) is 9.47 Å². The Hall–Kier alpha value is -1.21. The number of ether oxygens (including phenoxy) is 2. The van der Waals surface area contributed by atoms with Gasteiger partial charge in [-0.2, -0.15) is 0 Å². The van der Waals surface area contributed by atoms with E-state index in [1.807, 2.05) is 6.92 Å². The van der Waals surface area contributed by atoms with E-state index in [0.29, 0.717) is 6.54 Å². The van der Waals surface area contributed by atoms with Crippen molar-refractivity contribution in [2.24, 2.45) is 0 Å². The molecule has 0 aromatic heterocycles. The Morgan fingerprint density at radius 1 is 1.38 bits per heavy atom. The Labute approximate surface area is 129 Å². The maximum atomic E-state index is 11.6. The van der Waals surface area contributed by atoms with Crippen molar-refractivity contribution in [3.63, 3.8) is 0 Å². The van der Waals surface area contributed by atoms with Crippen LogP contribution in [0.3, 0.4) is 0 Å². The molecule has 1 aliphatic rings. The Bertz CT molecular complexity index is 350. The van der Waals surface area contributed by atoms with Gasteiger partial charge in [0.1, 0.15) is 6.61 Å². The molecule has 0 bridgehead atoms. The second-order valence-electron chi connectivity index (χ2n) is 5.88. The minimum absolute atomic E-state index is 0.135. The van der Waals surface area contributed by atoms with Crippen molar-refractivity contribution in [3.8, 4) is 12.3 Å². The van der Waals surface area contributed by atoms with E-state index in [9.17, 15) is 4.79 Å². The summed E-state index contributed by atoms with van der Waals surface area (Å²) in [6.45, 7) is 4.98. The van der Waals surface area contributed by atoms with Crippen molar-refractivity contribution in [1.82, 2.24) is 5.32 Å². The van der Waals surface area contributed by atoms with Crippen LogP contribution < -0.4 is 5.32 Å². The molecule has 0 aliphatic carbocycles. The maximum Gasteiger partial charge on any atom is 0.407 e. The highest BCUT2D eigenvalue weighted by atomic mass is 16.6. The smallest absolute Gasteiger partial charge is 0.407 e. The van der Waals surface area contributed by atoms with Gasteiger partial charge in [-0.3, -0.25) is 0 Å². The van der Waals surface area contributed by atoms with Gasteiger partial charge in [0.2, 0.25) is 0 Å². The Morgan fingerprint density at radius 2 is 2.10 bits per heavy atom. The molecule has 0 saturated carbocycles. The van der Waals surface area contributed by atoms with Crippen molar-refractivity contribution >= 4 is 6.09 Å². The van der Waals surface area contributed by atoms with E-state index >= 15 is 0 Å². The van der Waals surface area contributed by atoms with Crippen molar-refractivity contribution in [2.45, 2.75) is 76.9 Å². The Kier molecular flexibility index (Phi) is 8.22. The molecule has 4 heteroatoms. The van der Waals surface area contributed by atoms with Gasteiger partial charge in [-0.1, -0.05) is 44.9 Å². The van der Waals surface area contributed by atoms with Crippen LogP contribution in [0.15, 0.2) is 0 Å². The van der Waals surface area contributed by atoms with Gasteiger partial charge in [0, 0.05) is 6.54 Å². The Balaban J connectivity index is 2.07. The topological polar surface area (TPSA) is 47.6 Å². The molecule has 0 aromatic carbocycles. The number of terminal acetylenes is 1. The van der Waals surface area contributed by atoms with Crippen LogP contribution in [0.1, 0.15) is 65.2 Å². The van der Waals surface area contributed by atoms with E-state index in [2.05, 4.69) is 18.2 Å². The van der Waals surface area contributed by atoms with Gasteiger partial charge in [0.05, 0.1) is 6.10 Å². The molecule has 0 spiro atoms. The number of hydrogen-bond acceptors (Lipinski definition) is 3. The van der Waals surface area contributed by atoms with Gasteiger partial charge >= 0.3 is 6.09 Å². The minimum atomic E-state index is -0.725. The zero-order chi connectivity index (χ0) is 15.6. The quantitative estimate of drug-likeness (QED) is 0.522. The Morgan fingerprint density at radius 3 is 2.71 bits per heavy atom. The molecule has 0 aromatic rings. The number of carbonyl (C=O) groups is 1. The fourth-order valence-electron chi connectivity index (χ4n) is 2.52. The second kappa shape index (κ2) is 9.68. The number of unbranched alkanes of at least 4 members (excludes halogenated alkanes) is 5. The zero-order valence-corrected chi connectivity index (χ0v) is 13.5. The highest BCUT2D eigenvalue weighted by Crippen LogP contribution is 2.29. The lowest BCUT2D eigenvalue weighted by molar-refractivity contribution is -0.0322. The zero-order valence-electron chi connectivity index (χ0n) is 13.5. The van der Waals surface area contributed by atoms with E-state index in [4.69, 9.17) is 15.9 Å². The lowest BCUT2D eigenvalue weighted by Crippen LogP contribution is -2.36. The predicted octanol–water partition coefficient (Wildman–Crippen LogP) is 3.64. The number of nitrogens with one attached hydrogen (secondary N) is 1. The highest BCUT2D eigenvalue weighted by molar-refractivity contribution is 5.67. The highest BCUT2D eigenvalue weighted by Gasteiger charge is 2.38. The van der Waals surface area contributed by atoms with Crippen LogP contribution in [0, 0.1) is 12.3 Å². The average Bonchev–Trinajstić information content (AvgIpc) is 2.86. The third kappa shape index (κ3) is 6.86. The third-order valence-corrected chi connectivity index (χ3v) is 3.88. The molecule has 1 heterocycles. The lowest BCUT2D eigenvalue weighted by Gasteiger charge is -2.22. The lowest BCUT2D eigenvalue weighted by atomic mass is 10.0. The molecular formula is C17H29NO3. The third-order valence-electron chi connectivity index (χ3n) is 3.88. The summed E-state index contributed by atoms with van der Waals surface area (Å²) in [6.07, 6.45) is 14.1. The summed E-state index contributed by atoms with van der Waals surface area (Å²) >= 11 is 0. The van der Waals surface area contributed by atoms with E-state index < -0.39 is 11.7 Å². The number of hydrogen-bond donors (Lipinski definition) is 1. The van der Waals surface area contributed by atoms with Crippen LogP contribution in [-0.4, -0.2) is 30.9 Å². The monoisotopic (exact) mass is 295 g/mol. The van der Waals surface area contributed by atoms with E-state index in [0.717, 1.165) is 25.7 Å². The molecule has 0 radical (unpaired) electrons. The van der Waals surface area contributed by atoms with Gasteiger partial charge in [-0.25, -0.2) is 4.79 Å². The minimum Gasteiger partial charge on any atom is -0.445 e. The second-order valence-corrected chi connectivity index (χ2v) is 5.88. The molecule has 1 aliphatic heterocycles. The summed E-state index contributed by atoms with van der Waals surface area (Å²) in [6, 6.07) is 0. The number of rotatable bonds is 9. The average molecular weight is 295 g/mol. The van der Waals surface area contributed by atoms with E-state index in [1.54, 1.807) is 0 Å². The molecule has 1 fully saturated rings. The normalized spacial score (nSPS) is 24.5. The van der Waals surface area contributed by atoms with Crippen molar-refractivity contribution in [2.75, 3.05) is 13.2 Å². The first-order valence-electron chi connectivity index (χ1n) is 8.18. The van der Waals surface area contributed by atoms with E-state index in [-0.39, 0.29) is 12.7 Å². The molecule has 1 N–H and O–H groups in total. The van der Waals surface area contributed by atoms with Gasteiger partial charge in [0.25, 0.3) is 0 Å². The van der Waals surface area contributed by atoms with Gasteiger partial charge in [0.15, 0.2) is 5.60 Å². The van der Waals surface area contributed by atoms with Crippen LogP contribution in [0.5, 0.6) is 0 Å². The first-order valence-corrected chi connectivity index (χ1v) is 8.18. The van der Waals surface area contributed by atoms with Crippen molar-refractivity contribution < 1.29 is 14.3 Å². The van der Waals surface area contributed by atoms with Crippen molar-refractivity contribution in [3.05, 3.63) is 0 Å². The molecule has 2 unspecified atom stereocenters. The van der Waals surface area contributed by atoms with Crippen LogP contribution in [0.2, 0.25) is 0 Å². The largest absolute Gasteiger partial charge is 0.445 e. The van der Waals surface area contributed by atoms with Gasteiger partial charge in [-0.05, 0) is 26.2 Å². The van der Waals surface area contributed by atoms with Crippen LogP contribution >= 0.6 is 0 Å². The van der Waals surface area contributed by atoms with Gasteiger partial charge in [-0.15, -0.1) is 6.42 Å². The number of alkyl carbamates (subject to hydrolysis) is 1.